The number of anilines is 1. The van der Waals surface area contributed by atoms with Crippen LogP contribution >= 0.6 is 11.6 Å². The van der Waals surface area contributed by atoms with Crippen LogP contribution in [0.25, 0.3) is 0 Å². The van der Waals surface area contributed by atoms with Crippen molar-refractivity contribution in [1.29, 1.82) is 0 Å². The van der Waals surface area contributed by atoms with Crippen molar-refractivity contribution in [2.75, 3.05) is 25.0 Å². The summed E-state index contributed by atoms with van der Waals surface area (Å²) < 4.78 is 44.8. The SMILES string of the molecule is CCOC1CCC(N2CCC(Nc3cc(Cl)c(C(F)(F)F)cc3[N+](=O)[O-])CC2)CC1. The van der Waals surface area contributed by atoms with Crippen LogP contribution in [0.2, 0.25) is 5.02 Å². The van der Waals surface area contributed by atoms with E-state index in [0.717, 1.165) is 64.3 Å². The van der Waals surface area contributed by atoms with Gasteiger partial charge in [0.25, 0.3) is 5.69 Å². The third-order valence-corrected chi connectivity index (χ3v) is 6.35. The lowest BCUT2D eigenvalue weighted by Crippen LogP contribution is -2.46. The number of halogens is 4. The third-order valence-electron chi connectivity index (χ3n) is 6.04. The van der Waals surface area contributed by atoms with Crippen molar-refractivity contribution in [1.82, 2.24) is 4.90 Å². The molecule has 30 heavy (non-hydrogen) atoms. The number of alkyl halides is 3. The molecule has 1 saturated heterocycles. The molecular formula is C20H27ClF3N3O3. The van der Waals surface area contributed by atoms with Crippen molar-refractivity contribution in [2.24, 2.45) is 0 Å². The summed E-state index contributed by atoms with van der Waals surface area (Å²) in [6, 6.07) is 2.01. The van der Waals surface area contributed by atoms with Crippen LogP contribution in [0.3, 0.4) is 0 Å². The summed E-state index contributed by atoms with van der Waals surface area (Å²) in [5.74, 6) is 0. The first kappa shape index (κ1) is 23.1. The van der Waals surface area contributed by atoms with Gasteiger partial charge in [-0.05, 0) is 51.5 Å². The minimum Gasteiger partial charge on any atom is -0.379 e. The Labute approximate surface area is 178 Å². The first-order valence-electron chi connectivity index (χ1n) is 10.4. The largest absolute Gasteiger partial charge is 0.418 e. The summed E-state index contributed by atoms with van der Waals surface area (Å²) in [7, 11) is 0. The highest BCUT2D eigenvalue weighted by Crippen LogP contribution is 2.41. The minimum absolute atomic E-state index is 0.0358. The molecule has 0 aromatic heterocycles. The Morgan fingerprint density at radius 2 is 1.83 bits per heavy atom. The Bertz CT molecular complexity index is 747. The molecule has 0 amide bonds. The van der Waals surface area contributed by atoms with Gasteiger partial charge < -0.3 is 15.0 Å². The molecule has 1 saturated carbocycles. The Morgan fingerprint density at radius 3 is 2.37 bits per heavy atom. The van der Waals surface area contributed by atoms with Gasteiger partial charge in [0.1, 0.15) is 5.69 Å². The molecule has 0 bridgehead atoms. The number of hydrogen-bond donors (Lipinski definition) is 1. The van der Waals surface area contributed by atoms with Gasteiger partial charge in [-0.15, -0.1) is 0 Å². The van der Waals surface area contributed by atoms with E-state index < -0.39 is 27.4 Å². The van der Waals surface area contributed by atoms with Crippen LogP contribution in [-0.2, 0) is 10.9 Å². The number of nitro benzene ring substituents is 1. The molecule has 10 heteroatoms. The fourth-order valence-corrected chi connectivity index (χ4v) is 4.76. The van der Waals surface area contributed by atoms with E-state index >= 15 is 0 Å². The molecule has 2 aliphatic rings. The van der Waals surface area contributed by atoms with E-state index in [0.29, 0.717) is 18.2 Å². The maximum Gasteiger partial charge on any atom is 0.418 e. The van der Waals surface area contributed by atoms with Crippen molar-refractivity contribution in [2.45, 2.75) is 69.8 Å². The van der Waals surface area contributed by atoms with Crippen molar-refractivity contribution >= 4 is 23.0 Å². The lowest BCUT2D eigenvalue weighted by molar-refractivity contribution is -0.384. The van der Waals surface area contributed by atoms with Gasteiger partial charge in [-0.3, -0.25) is 10.1 Å². The number of nitrogens with zero attached hydrogens (tertiary/aromatic N) is 2. The van der Waals surface area contributed by atoms with E-state index in [4.69, 9.17) is 16.3 Å². The molecule has 1 heterocycles. The minimum atomic E-state index is -4.74. The second kappa shape index (κ2) is 9.70. The topological polar surface area (TPSA) is 67.6 Å². The number of nitro groups is 1. The van der Waals surface area contributed by atoms with E-state index in [2.05, 4.69) is 10.2 Å². The Balaban J connectivity index is 1.60. The Morgan fingerprint density at radius 1 is 1.20 bits per heavy atom. The Hall–Kier alpha value is -1.58. The molecule has 168 valence electrons. The molecule has 1 N–H and O–H groups in total. The maximum absolute atomic E-state index is 13.0. The molecule has 1 aliphatic carbocycles. The average molecular weight is 450 g/mol. The number of piperidine rings is 1. The fourth-order valence-electron chi connectivity index (χ4n) is 4.49. The maximum atomic E-state index is 13.0. The molecule has 0 spiro atoms. The summed E-state index contributed by atoms with van der Waals surface area (Å²) in [4.78, 5) is 13.0. The molecule has 0 radical (unpaired) electrons. The monoisotopic (exact) mass is 449 g/mol. The van der Waals surface area contributed by atoms with E-state index in [-0.39, 0.29) is 11.7 Å². The predicted octanol–water partition coefficient (Wildman–Crippen LogP) is 5.49. The first-order valence-corrected chi connectivity index (χ1v) is 10.7. The summed E-state index contributed by atoms with van der Waals surface area (Å²) in [6.07, 6.45) is 1.47. The van der Waals surface area contributed by atoms with Crippen molar-refractivity contribution in [3.05, 3.63) is 32.8 Å². The second-order valence-electron chi connectivity index (χ2n) is 7.94. The van der Waals surface area contributed by atoms with Gasteiger partial charge in [0.15, 0.2) is 0 Å². The van der Waals surface area contributed by atoms with Crippen LogP contribution in [0.15, 0.2) is 12.1 Å². The van der Waals surface area contributed by atoms with Crippen LogP contribution in [0.5, 0.6) is 0 Å². The van der Waals surface area contributed by atoms with E-state index in [1.807, 2.05) is 6.92 Å². The smallest absolute Gasteiger partial charge is 0.379 e. The number of hydrogen-bond acceptors (Lipinski definition) is 5. The standard InChI is InChI=1S/C20H27ClF3N3O3/c1-2-30-15-5-3-14(4-6-15)26-9-7-13(8-10-26)25-18-12-17(21)16(20(22,23)24)11-19(18)27(28)29/h11-15,25H,2-10H2,1H3. The Kier molecular flexibility index (Phi) is 7.47. The highest BCUT2D eigenvalue weighted by atomic mass is 35.5. The number of likely N-dealkylation sites (tertiary alicyclic amines) is 1. The van der Waals surface area contributed by atoms with Gasteiger partial charge in [0.05, 0.1) is 21.6 Å². The van der Waals surface area contributed by atoms with Crippen LogP contribution < -0.4 is 5.32 Å². The van der Waals surface area contributed by atoms with Crippen LogP contribution in [0, 0.1) is 10.1 Å². The molecule has 3 rings (SSSR count). The molecule has 1 aromatic carbocycles. The van der Waals surface area contributed by atoms with Crippen LogP contribution in [0.1, 0.15) is 51.0 Å². The molecule has 0 atom stereocenters. The van der Waals surface area contributed by atoms with Gasteiger partial charge in [-0.1, -0.05) is 11.6 Å². The molecular weight excluding hydrogens is 423 g/mol. The zero-order chi connectivity index (χ0) is 21.9. The molecule has 1 aromatic rings. The lowest BCUT2D eigenvalue weighted by atomic mass is 9.90. The van der Waals surface area contributed by atoms with E-state index in [1.54, 1.807) is 0 Å². The highest BCUT2D eigenvalue weighted by Gasteiger charge is 2.36. The van der Waals surface area contributed by atoms with Crippen molar-refractivity contribution in [3.8, 4) is 0 Å². The van der Waals surface area contributed by atoms with Gasteiger partial charge >= 0.3 is 6.18 Å². The highest BCUT2D eigenvalue weighted by molar-refractivity contribution is 6.31. The number of rotatable bonds is 6. The predicted molar refractivity (Wildman–Crippen MR) is 109 cm³/mol. The number of benzene rings is 1. The van der Waals surface area contributed by atoms with E-state index in [1.165, 1.54) is 0 Å². The summed E-state index contributed by atoms with van der Waals surface area (Å²) in [5.41, 5.74) is -1.77. The van der Waals surface area contributed by atoms with Crippen molar-refractivity contribution in [3.63, 3.8) is 0 Å². The average Bonchev–Trinajstić information content (AvgIpc) is 2.68. The normalized spacial score (nSPS) is 24.0. The zero-order valence-corrected chi connectivity index (χ0v) is 17.6. The second-order valence-corrected chi connectivity index (χ2v) is 8.35. The molecule has 2 fully saturated rings. The van der Waals surface area contributed by atoms with Crippen molar-refractivity contribution < 1.29 is 22.8 Å². The first-order chi connectivity index (χ1) is 14.2. The summed E-state index contributed by atoms with van der Waals surface area (Å²) in [6.45, 7) is 4.46. The van der Waals surface area contributed by atoms with Gasteiger partial charge in [0, 0.05) is 37.8 Å². The summed E-state index contributed by atoms with van der Waals surface area (Å²) in [5, 5.41) is 13.8. The van der Waals surface area contributed by atoms with E-state index in [9.17, 15) is 23.3 Å². The molecule has 1 aliphatic heterocycles. The molecule has 6 nitrogen and oxygen atoms in total. The molecule has 0 unspecified atom stereocenters. The third kappa shape index (κ3) is 5.56. The van der Waals surface area contributed by atoms with Gasteiger partial charge in [-0.2, -0.15) is 13.2 Å². The fraction of sp³-hybridized carbons (Fsp3) is 0.700. The lowest BCUT2D eigenvalue weighted by Gasteiger charge is -2.41. The number of ether oxygens (including phenoxy) is 1. The zero-order valence-electron chi connectivity index (χ0n) is 16.9. The van der Waals surface area contributed by atoms with Crippen LogP contribution in [0.4, 0.5) is 24.5 Å². The van der Waals surface area contributed by atoms with Crippen LogP contribution in [-0.4, -0.2) is 47.7 Å². The number of nitrogens with one attached hydrogen (secondary N) is 1. The quantitative estimate of drug-likeness (QED) is 0.459. The summed E-state index contributed by atoms with van der Waals surface area (Å²) >= 11 is 5.77. The van der Waals surface area contributed by atoms with Gasteiger partial charge in [0.2, 0.25) is 0 Å². The van der Waals surface area contributed by atoms with Gasteiger partial charge in [-0.25, -0.2) is 0 Å².